The van der Waals surface area contributed by atoms with Gasteiger partial charge in [0.2, 0.25) is 35.4 Å². The fraction of sp³-hybridized carbons (Fsp3) is 0.485. The Labute approximate surface area is 288 Å². The molecule has 0 bridgehead atoms. The van der Waals surface area contributed by atoms with Crippen molar-refractivity contribution in [3.8, 4) is 0 Å². The number of hydrogen-bond acceptors (Lipinski definition) is 10. The number of carbonyl (C=O) groups is 7. The number of nitrogens with one attached hydrogen (secondary N) is 6. The number of nitrogens with zero attached hydrogens (tertiary/aromatic N) is 2. The molecule has 3 heterocycles. The SMILES string of the molecule is NC(=O)[C@@H]1CCCCNC(=O)[C@H](CCCNC(=O)c2cnccn2)NC(=O)[C@H](Cc2ccco2)NC(=O)[C@H](CC2CC2)NC(=O)/C=C\C(=O)N1. The Hall–Kier alpha value is -5.61. The van der Waals surface area contributed by atoms with E-state index in [-0.39, 0.29) is 44.0 Å². The zero-order valence-corrected chi connectivity index (χ0v) is 27.5. The molecule has 1 fully saturated rings. The normalized spacial score (nSPS) is 23.6. The van der Waals surface area contributed by atoms with Crippen LogP contribution in [0.4, 0.5) is 0 Å². The van der Waals surface area contributed by atoms with Crippen molar-refractivity contribution in [2.45, 2.75) is 82.0 Å². The van der Waals surface area contributed by atoms with Crippen molar-refractivity contribution in [3.63, 3.8) is 0 Å². The minimum absolute atomic E-state index is 0.0434. The summed E-state index contributed by atoms with van der Waals surface area (Å²) in [6.07, 6.45) is 10.9. The molecule has 0 aromatic carbocycles. The average molecular weight is 694 g/mol. The fourth-order valence-corrected chi connectivity index (χ4v) is 5.27. The van der Waals surface area contributed by atoms with E-state index in [9.17, 15) is 33.6 Å². The lowest BCUT2D eigenvalue weighted by Crippen LogP contribution is -2.57. The van der Waals surface area contributed by atoms with Crippen LogP contribution >= 0.6 is 0 Å². The summed E-state index contributed by atoms with van der Waals surface area (Å²) < 4.78 is 5.44. The molecule has 1 saturated carbocycles. The number of hydrogen-bond donors (Lipinski definition) is 7. The number of rotatable bonds is 10. The topological polar surface area (TPSA) is 257 Å². The van der Waals surface area contributed by atoms with E-state index >= 15 is 0 Å². The monoisotopic (exact) mass is 693 g/mol. The Balaban J connectivity index is 1.52. The molecular weight excluding hydrogens is 650 g/mol. The highest BCUT2D eigenvalue weighted by atomic mass is 16.3. The molecule has 8 N–H and O–H groups in total. The maximum atomic E-state index is 13.8. The van der Waals surface area contributed by atoms with Crippen molar-refractivity contribution in [2.24, 2.45) is 11.7 Å². The van der Waals surface area contributed by atoms with Gasteiger partial charge in [-0.25, -0.2) is 4.98 Å². The van der Waals surface area contributed by atoms with Crippen molar-refractivity contribution < 1.29 is 38.0 Å². The number of primary amides is 1. The van der Waals surface area contributed by atoms with Crippen LogP contribution in [-0.4, -0.2) is 88.6 Å². The summed E-state index contributed by atoms with van der Waals surface area (Å²) in [4.78, 5) is 98.2. The van der Waals surface area contributed by atoms with E-state index < -0.39 is 65.5 Å². The predicted molar refractivity (Wildman–Crippen MR) is 176 cm³/mol. The van der Waals surface area contributed by atoms with E-state index in [0.29, 0.717) is 31.4 Å². The molecule has 0 radical (unpaired) electrons. The third kappa shape index (κ3) is 12.4. The lowest BCUT2D eigenvalue weighted by atomic mass is 10.1. The highest BCUT2D eigenvalue weighted by molar-refractivity contribution is 6.00. The highest BCUT2D eigenvalue weighted by Crippen LogP contribution is 2.33. The van der Waals surface area contributed by atoms with Crippen LogP contribution in [-0.2, 0) is 35.2 Å². The summed E-state index contributed by atoms with van der Waals surface area (Å²) in [7, 11) is 0. The van der Waals surface area contributed by atoms with E-state index in [1.54, 1.807) is 12.1 Å². The Morgan fingerprint density at radius 1 is 0.880 bits per heavy atom. The fourth-order valence-electron chi connectivity index (χ4n) is 5.27. The summed E-state index contributed by atoms with van der Waals surface area (Å²) in [6, 6.07) is -1.01. The molecule has 0 spiro atoms. The van der Waals surface area contributed by atoms with Crippen LogP contribution in [0.1, 0.15) is 67.6 Å². The number of carbonyl (C=O) groups excluding carboxylic acids is 7. The first kappa shape index (κ1) is 37.2. The molecule has 1 aliphatic carbocycles. The zero-order chi connectivity index (χ0) is 35.9. The molecule has 2 aliphatic rings. The lowest BCUT2D eigenvalue weighted by Gasteiger charge is -2.25. The zero-order valence-electron chi connectivity index (χ0n) is 27.5. The molecule has 4 rings (SSSR count). The van der Waals surface area contributed by atoms with Crippen molar-refractivity contribution in [1.82, 2.24) is 41.9 Å². The molecule has 50 heavy (non-hydrogen) atoms. The molecule has 2 aromatic heterocycles. The molecule has 2 aromatic rings. The van der Waals surface area contributed by atoms with Gasteiger partial charge in [-0.05, 0) is 56.6 Å². The van der Waals surface area contributed by atoms with Gasteiger partial charge >= 0.3 is 0 Å². The van der Waals surface area contributed by atoms with Gasteiger partial charge in [0.05, 0.1) is 12.5 Å². The van der Waals surface area contributed by atoms with Gasteiger partial charge in [-0.15, -0.1) is 0 Å². The Bertz CT molecular complexity index is 1530. The van der Waals surface area contributed by atoms with Crippen LogP contribution in [0.25, 0.3) is 0 Å². The largest absolute Gasteiger partial charge is 0.469 e. The summed E-state index contributed by atoms with van der Waals surface area (Å²) in [5, 5.41) is 16.0. The first-order valence-electron chi connectivity index (χ1n) is 16.6. The first-order chi connectivity index (χ1) is 24.1. The third-order valence-electron chi connectivity index (χ3n) is 8.17. The van der Waals surface area contributed by atoms with Gasteiger partial charge in [0.1, 0.15) is 35.6 Å². The van der Waals surface area contributed by atoms with Gasteiger partial charge < -0.3 is 42.1 Å². The van der Waals surface area contributed by atoms with Crippen LogP contribution < -0.4 is 37.6 Å². The summed E-state index contributed by atoms with van der Waals surface area (Å²) >= 11 is 0. The third-order valence-corrected chi connectivity index (χ3v) is 8.17. The second-order valence-corrected chi connectivity index (χ2v) is 12.2. The number of nitrogens with two attached hydrogens (primary N) is 1. The molecule has 0 saturated heterocycles. The van der Waals surface area contributed by atoms with Crippen molar-refractivity contribution in [3.05, 3.63) is 60.6 Å². The smallest absolute Gasteiger partial charge is 0.271 e. The maximum Gasteiger partial charge on any atom is 0.271 e. The van der Waals surface area contributed by atoms with Crippen molar-refractivity contribution in [2.75, 3.05) is 13.1 Å². The Kier molecular flexibility index (Phi) is 14.0. The molecule has 17 heteroatoms. The molecule has 0 unspecified atom stereocenters. The molecular formula is C33H43N9O8. The lowest BCUT2D eigenvalue weighted by molar-refractivity contribution is -0.133. The maximum absolute atomic E-state index is 13.8. The van der Waals surface area contributed by atoms with E-state index in [0.717, 1.165) is 25.0 Å². The first-order valence-corrected chi connectivity index (χ1v) is 16.6. The van der Waals surface area contributed by atoms with Crippen LogP contribution in [0.2, 0.25) is 0 Å². The summed E-state index contributed by atoms with van der Waals surface area (Å²) in [5.41, 5.74) is 5.59. The molecule has 1 aliphatic heterocycles. The molecule has 4 atom stereocenters. The average Bonchev–Trinajstić information content (AvgIpc) is 3.77. The van der Waals surface area contributed by atoms with E-state index in [1.807, 2.05) is 0 Å². The van der Waals surface area contributed by atoms with Crippen molar-refractivity contribution >= 4 is 41.4 Å². The Morgan fingerprint density at radius 2 is 1.62 bits per heavy atom. The van der Waals surface area contributed by atoms with Gasteiger partial charge in [0, 0.05) is 44.1 Å². The van der Waals surface area contributed by atoms with Gasteiger partial charge in [-0.3, -0.25) is 38.5 Å². The van der Waals surface area contributed by atoms with Gasteiger partial charge in [-0.1, -0.05) is 12.8 Å². The predicted octanol–water partition coefficient (Wildman–Crippen LogP) is -1.10. The molecule has 268 valence electrons. The second kappa shape index (κ2) is 18.8. The van der Waals surface area contributed by atoms with Gasteiger partial charge in [-0.2, -0.15) is 0 Å². The van der Waals surface area contributed by atoms with Gasteiger partial charge in [0.25, 0.3) is 5.91 Å². The molecule has 17 nitrogen and oxygen atoms in total. The van der Waals surface area contributed by atoms with Crippen molar-refractivity contribution in [1.29, 1.82) is 0 Å². The van der Waals surface area contributed by atoms with Gasteiger partial charge in [0.15, 0.2) is 0 Å². The van der Waals surface area contributed by atoms with E-state index in [4.69, 9.17) is 10.2 Å². The highest BCUT2D eigenvalue weighted by Gasteiger charge is 2.34. The Morgan fingerprint density at radius 3 is 2.30 bits per heavy atom. The summed E-state index contributed by atoms with van der Waals surface area (Å²) in [6.45, 7) is 0.350. The number of aromatic nitrogens is 2. The van der Waals surface area contributed by atoms with Crippen LogP contribution in [0.5, 0.6) is 0 Å². The number of amides is 7. The standard InChI is InChI=1S/C33H43N9O8/c34-29(45)22-6-1-2-12-37-30(46)23(7-3-13-38-31(47)26-19-35-14-15-36-26)41-33(49)25(18-21-5-4-16-50-21)42-32(48)24(17-20-8-9-20)40-28(44)11-10-27(43)39-22/h4-5,10-11,14-16,19-20,22-25H,1-3,6-9,12-13,17-18H2,(H2,34,45)(H,37,46)(H,38,47)(H,39,43)(H,40,44)(H,41,49)(H,42,48)/b11-10-/t22-,23-,24-,25-/m0/s1. The minimum Gasteiger partial charge on any atom is -0.469 e. The van der Waals surface area contributed by atoms with Crippen LogP contribution in [0.3, 0.4) is 0 Å². The molecule has 7 amide bonds. The summed E-state index contributed by atoms with van der Waals surface area (Å²) in [5.74, 6) is -3.85. The number of furan rings is 1. The minimum atomic E-state index is -1.18. The van der Waals surface area contributed by atoms with E-state index in [2.05, 4.69) is 41.9 Å². The van der Waals surface area contributed by atoms with Crippen LogP contribution in [0.15, 0.2) is 53.6 Å². The van der Waals surface area contributed by atoms with Crippen LogP contribution in [0, 0.1) is 5.92 Å². The van der Waals surface area contributed by atoms with E-state index in [1.165, 1.54) is 24.9 Å². The quantitative estimate of drug-likeness (QED) is 0.148. The second-order valence-electron chi connectivity index (χ2n) is 12.2.